The number of ether oxygens (including phenoxy) is 9. The van der Waals surface area contributed by atoms with E-state index in [4.69, 9.17) is 42.6 Å². The summed E-state index contributed by atoms with van der Waals surface area (Å²) in [5, 5.41) is 15.4. The molecule has 0 saturated carbocycles. The van der Waals surface area contributed by atoms with Crippen molar-refractivity contribution >= 4 is 16.3 Å². The summed E-state index contributed by atoms with van der Waals surface area (Å²) < 4.78 is 64.6. The third-order valence-electron chi connectivity index (χ3n) is 16.3. The Morgan fingerprint density at radius 2 is 0.636 bits per heavy atom. The maximum absolute atomic E-state index is 13.5. The van der Waals surface area contributed by atoms with Crippen LogP contribution in [0.4, 0.5) is 0 Å². The number of benzene rings is 10. The Labute approximate surface area is 516 Å². The first-order valence-electron chi connectivity index (χ1n) is 30.4. The van der Waals surface area contributed by atoms with Gasteiger partial charge in [0.25, 0.3) is 0 Å². The molecule has 446 valence electrons. The van der Waals surface area contributed by atoms with Crippen LogP contribution in [0.2, 0.25) is 0 Å². The van der Waals surface area contributed by atoms with Gasteiger partial charge in [-0.15, -0.1) is 0 Å². The van der Waals surface area contributed by atoms with Crippen molar-refractivity contribution in [1.82, 2.24) is 0 Å². The van der Waals surface area contributed by atoms with Gasteiger partial charge in [0.15, 0.2) is 6.10 Å². The second-order valence-corrected chi connectivity index (χ2v) is 22.4. The van der Waals surface area contributed by atoms with E-state index >= 15 is 0 Å². The highest BCUT2D eigenvalue weighted by Crippen LogP contribution is 2.46. The van der Waals surface area contributed by atoms with E-state index in [1.807, 2.05) is 200 Å². The predicted octanol–water partition coefficient (Wildman–Crippen LogP) is 15.3. The van der Waals surface area contributed by atoms with Gasteiger partial charge < -0.3 is 47.7 Å². The Bertz CT molecular complexity index is 3650. The Morgan fingerprint density at radius 3 is 1.03 bits per heavy atom. The summed E-state index contributed by atoms with van der Waals surface area (Å²) in [5.41, 5.74) is 10.1. The van der Waals surface area contributed by atoms with Crippen molar-refractivity contribution < 1.29 is 47.7 Å². The second kappa shape index (κ2) is 30.5. The van der Waals surface area contributed by atoms with Gasteiger partial charge in [-0.3, -0.25) is 0 Å². The molecule has 2 heterocycles. The van der Waals surface area contributed by atoms with Gasteiger partial charge in [-0.2, -0.15) is 0 Å². The molecule has 0 aliphatic carbocycles. The summed E-state index contributed by atoms with van der Waals surface area (Å²) in [7, 11) is 0. The number of hydrogen-bond donors (Lipinski definition) is 1. The van der Waals surface area contributed by atoms with E-state index in [1.54, 1.807) is 0 Å². The predicted molar refractivity (Wildman–Crippen MR) is 342 cm³/mol. The molecule has 10 aromatic carbocycles. The van der Waals surface area contributed by atoms with Crippen molar-refractivity contribution in [3.05, 3.63) is 341 Å². The van der Waals surface area contributed by atoms with E-state index in [2.05, 4.69) is 84.9 Å². The summed E-state index contributed by atoms with van der Waals surface area (Å²) in [6.07, 6.45) is -6.96. The van der Waals surface area contributed by atoms with Crippen LogP contribution in [0.25, 0.3) is 16.3 Å². The van der Waals surface area contributed by atoms with Crippen LogP contribution in [-0.4, -0.2) is 67.2 Å². The molecule has 10 atom stereocenters. The van der Waals surface area contributed by atoms with Crippen LogP contribution >= 0.6 is 0 Å². The molecule has 2 aliphatic heterocycles. The Kier molecular flexibility index (Phi) is 20.8. The molecule has 2 aliphatic rings. The fourth-order valence-corrected chi connectivity index (χ4v) is 11.8. The SMILES string of the molecule is O[C@@H]1[C@@H](OCc2ccccc2)[C@H](OCc2ccccc2)[C@@H](COCc2ccccc2)O[C@H]1c1cc2ccccc2cc1[C@@H]1O[C@H](COCc2ccccc2)[C@@H](OCc2ccccc2)[C@H](OCc2ccccc2)[C@H]1OC=C(c1ccccc1)c1ccccc1. The maximum Gasteiger partial charge on any atom is 0.157 e. The lowest BCUT2D eigenvalue weighted by Gasteiger charge is -2.48. The molecule has 0 unspecified atom stereocenters. The number of fused-ring (bicyclic) bond motifs is 1. The lowest BCUT2D eigenvalue weighted by atomic mass is 9.82. The summed E-state index contributed by atoms with van der Waals surface area (Å²) in [6, 6.07) is 93.5. The van der Waals surface area contributed by atoms with Crippen molar-refractivity contribution in [3.63, 3.8) is 0 Å². The van der Waals surface area contributed by atoms with Crippen LogP contribution in [-0.2, 0) is 82.3 Å². The maximum atomic E-state index is 13.5. The molecule has 88 heavy (non-hydrogen) atoms. The number of aliphatic hydroxyl groups excluding tert-OH is 1. The number of aliphatic hydroxyl groups is 1. The van der Waals surface area contributed by atoms with Crippen molar-refractivity contribution in [3.8, 4) is 0 Å². The topological polar surface area (TPSA) is 103 Å². The minimum atomic E-state index is -1.28. The normalized spacial score (nSPS) is 21.8. The molecule has 2 saturated heterocycles. The third-order valence-corrected chi connectivity index (χ3v) is 16.3. The van der Waals surface area contributed by atoms with Crippen molar-refractivity contribution in [2.24, 2.45) is 0 Å². The molecule has 0 bridgehead atoms. The molecular weight excluding hydrogens is 1100 g/mol. The lowest BCUT2D eigenvalue weighted by Crippen LogP contribution is -2.59. The molecule has 10 heteroatoms. The summed E-state index contributed by atoms with van der Waals surface area (Å²) in [6.45, 7) is 1.88. The largest absolute Gasteiger partial charge is 0.491 e. The van der Waals surface area contributed by atoms with Gasteiger partial charge >= 0.3 is 0 Å². The van der Waals surface area contributed by atoms with Crippen LogP contribution in [0.3, 0.4) is 0 Å². The zero-order valence-corrected chi connectivity index (χ0v) is 49.2. The van der Waals surface area contributed by atoms with Gasteiger partial charge in [-0.1, -0.05) is 267 Å². The monoisotopic (exact) mass is 1170 g/mol. The zero-order chi connectivity index (χ0) is 59.5. The highest BCUT2D eigenvalue weighted by atomic mass is 16.6. The minimum Gasteiger partial charge on any atom is -0.491 e. The fraction of sp³-hybridized carbons (Fsp3) is 0.231. The molecule has 1 N–H and O–H groups in total. The fourth-order valence-electron chi connectivity index (χ4n) is 11.8. The van der Waals surface area contributed by atoms with Gasteiger partial charge in [-0.05, 0) is 78.5 Å². The van der Waals surface area contributed by atoms with Crippen LogP contribution in [0.15, 0.2) is 285 Å². The molecule has 0 radical (unpaired) electrons. The van der Waals surface area contributed by atoms with Crippen LogP contribution in [0, 0.1) is 0 Å². The molecule has 0 amide bonds. The molecule has 10 nitrogen and oxygen atoms in total. The average molecular weight is 1170 g/mol. The first kappa shape index (κ1) is 59.9. The smallest absolute Gasteiger partial charge is 0.157 e. The molecule has 0 aromatic heterocycles. The Hall–Kier alpha value is -8.36. The molecule has 2 fully saturated rings. The summed E-state index contributed by atoms with van der Waals surface area (Å²) in [4.78, 5) is 0. The van der Waals surface area contributed by atoms with E-state index < -0.39 is 61.0 Å². The minimum absolute atomic E-state index is 0.126. The number of rotatable bonds is 26. The standard InChI is InChI=1S/C78H74O10/c79-71-72(87-69(54-80-47-56-27-9-1-10-28-56)74(82-49-58-31-13-3-14-32-58)76(71)84-51-60-35-17-5-18-36-60)66-45-64-43-25-26-44-65(64)46-67(66)73-77(86-53-68(62-39-21-7-22-40-62)63-41-23-8-24-42-63)78(85-52-61-37-19-6-20-38-61)75(83-50-59-33-15-4-16-34-59)70(88-73)55-81-48-57-29-11-2-12-30-57/h1-46,53,69-79H,47-52,54-55H2/t69-,70-,71+,72+,73+,74-,75-,76-,77+,78+/m1/s1. The molecule has 10 aromatic rings. The first-order valence-corrected chi connectivity index (χ1v) is 30.4. The molecule has 12 rings (SSSR count). The van der Waals surface area contributed by atoms with Crippen molar-refractivity contribution in [2.45, 2.75) is 101 Å². The summed E-state index contributed by atoms with van der Waals surface area (Å²) in [5.74, 6) is 0. The van der Waals surface area contributed by atoms with E-state index in [0.717, 1.165) is 66.4 Å². The second-order valence-electron chi connectivity index (χ2n) is 22.4. The average Bonchev–Trinajstić information content (AvgIpc) is 0.939. The van der Waals surface area contributed by atoms with Crippen molar-refractivity contribution in [1.29, 1.82) is 0 Å². The van der Waals surface area contributed by atoms with Gasteiger partial charge in [0.2, 0.25) is 0 Å². The highest BCUT2D eigenvalue weighted by molar-refractivity contribution is 5.84. The molecule has 0 spiro atoms. The third kappa shape index (κ3) is 15.5. The van der Waals surface area contributed by atoms with Crippen LogP contribution in [0.5, 0.6) is 0 Å². The Balaban J connectivity index is 1.01. The van der Waals surface area contributed by atoms with Crippen LogP contribution < -0.4 is 0 Å². The van der Waals surface area contributed by atoms with Gasteiger partial charge in [0, 0.05) is 5.57 Å². The van der Waals surface area contributed by atoms with E-state index in [0.29, 0.717) is 18.8 Å². The first-order chi connectivity index (χ1) is 43.6. The van der Waals surface area contributed by atoms with Crippen LogP contribution in [0.1, 0.15) is 67.8 Å². The van der Waals surface area contributed by atoms with Gasteiger partial charge in [0.1, 0.15) is 54.9 Å². The summed E-state index contributed by atoms with van der Waals surface area (Å²) >= 11 is 0. The van der Waals surface area contributed by atoms with E-state index in [1.165, 1.54) is 0 Å². The quantitative estimate of drug-likeness (QED) is 0.0527. The lowest BCUT2D eigenvalue weighted by molar-refractivity contribution is -0.269. The van der Waals surface area contributed by atoms with E-state index in [-0.39, 0.29) is 39.6 Å². The van der Waals surface area contributed by atoms with E-state index in [9.17, 15) is 5.11 Å². The van der Waals surface area contributed by atoms with Crippen molar-refractivity contribution in [2.75, 3.05) is 13.2 Å². The number of hydrogen-bond acceptors (Lipinski definition) is 10. The zero-order valence-electron chi connectivity index (χ0n) is 49.2. The van der Waals surface area contributed by atoms with Gasteiger partial charge in [0.05, 0.1) is 59.1 Å². The molecular formula is C78H74O10. The highest BCUT2D eigenvalue weighted by Gasteiger charge is 2.53. The Morgan fingerprint density at radius 1 is 0.330 bits per heavy atom. The van der Waals surface area contributed by atoms with Gasteiger partial charge in [-0.25, -0.2) is 0 Å².